The summed E-state index contributed by atoms with van der Waals surface area (Å²) in [4.78, 5) is 28.1. The van der Waals surface area contributed by atoms with Crippen molar-refractivity contribution in [1.82, 2.24) is 4.90 Å². The van der Waals surface area contributed by atoms with Gasteiger partial charge in [0.25, 0.3) is 11.8 Å². The van der Waals surface area contributed by atoms with E-state index in [1.165, 1.54) is 16.7 Å². The molecular formula is C24H27NO5S. The summed E-state index contributed by atoms with van der Waals surface area (Å²) in [5, 5.41) is 0. The summed E-state index contributed by atoms with van der Waals surface area (Å²) in [5.74, 6) is 2.21. The molecule has 7 heteroatoms. The Morgan fingerprint density at radius 3 is 2.23 bits per heavy atom. The molecule has 0 aliphatic carbocycles. The average Bonchev–Trinajstić information content (AvgIpc) is 3.02. The van der Waals surface area contributed by atoms with Crippen LogP contribution in [0, 0.1) is 0 Å². The molecule has 0 unspecified atom stereocenters. The molecule has 0 aromatic heterocycles. The van der Waals surface area contributed by atoms with Gasteiger partial charge in [0.05, 0.1) is 31.3 Å². The van der Waals surface area contributed by atoms with Gasteiger partial charge in [-0.2, -0.15) is 0 Å². The molecule has 0 fully saturated rings. The minimum atomic E-state index is -0.259. The van der Waals surface area contributed by atoms with E-state index >= 15 is 0 Å². The Morgan fingerprint density at radius 1 is 0.903 bits per heavy atom. The Hall–Kier alpha value is -2.93. The van der Waals surface area contributed by atoms with Crippen molar-refractivity contribution in [2.45, 2.75) is 20.3 Å². The SMILES string of the molecule is CCOc1ccc(C2=C(SCC)C(=O)N(CCc3ccc(OC)c(OC)c3)C2=O)cc1. The number of hydrogen-bond donors (Lipinski definition) is 0. The molecule has 2 aromatic carbocycles. The molecule has 0 bridgehead atoms. The van der Waals surface area contributed by atoms with E-state index in [2.05, 4.69) is 0 Å². The van der Waals surface area contributed by atoms with Crippen molar-refractivity contribution in [2.75, 3.05) is 33.1 Å². The van der Waals surface area contributed by atoms with Crippen LogP contribution in [0.5, 0.6) is 17.2 Å². The molecule has 0 saturated heterocycles. The van der Waals surface area contributed by atoms with Gasteiger partial charge < -0.3 is 14.2 Å². The Kier molecular flexibility index (Phi) is 7.63. The molecule has 6 nitrogen and oxygen atoms in total. The fourth-order valence-electron chi connectivity index (χ4n) is 3.45. The van der Waals surface area contributed by atoms with Gasteiger partial charge in [-0.05, 0) is 54.5 Å². The maximum atomic E-state index is 13.2. The molecule has 31 heavy (non-hydrogen) atoms. The molecule has 2 amide bonds. The smallest absolute Gasteiger partial charge is 0.267 e. The zero-order valence-corrected chi connectivity index (χ0v) is 19.1. The highest BCUT2D eigenvalue weighted by molar-refractivity contribution is 8.04. The summed E-state index contributed by atoms with van der Waals surface area (Å²) >= 11 is 1.40. The van der Waals surface area contributed by atoms with Crippen molar-refractivity contribution in [1.29, 1.82) is 0 Å². The third kappa shape index (κ3) is 4.88. The first-order valence-corrected chi connectivity index (χ1v) is 11.2. The second-order valence-corrected chi connectivity index (χ2v) is 8.07. The molecule has 1 aliphatic heterocycles. The molecule has 164 valence electrons. The van der Waals surface area contributed by atoms with Crippen LogP contribution >= 0.6 is 11.8 Å². The van der Waals surface area contributed by atoms with E-state index in [0.29, 0.717) is 47.3 Å². The number of imide groups is 1. The third-order valence-corrected chi connectivity index (χ3v) is 5.90. The van der Waals surface area contributed by atoms with Crippen LogP contribution in [-0.4, -0.2) is 49.8 Å². The third-order valence-electron chi connectivity index (χ3n) is 4.94. The summed E-state index contributed by atoms with van der Waals surface area (Å²) in [6.07, 6.45) is 0.526. The molecule has 1 aliphatic rings. The predicted molar refractivity (Wildman–Crippen MR) is 123 cm³/mol. The van der Waals surface area contributed by atoms with E-state index in [9.17, 15) is 9.59 Å². The number of amides is 2. The molecule has 0 N–H and O–H groups in total. The monoisotopic (exact) mass is 441 g/mol. The lowest BCUT2D eigenvalue weighted by Gasteiger charge is -2.16. The van der Waals surface area contributed by atoms with Crippen molar-refractivity contribution < 1.29 is 23.8 Å². The first kappa shape index (κ1) is 22.7. The van der Waals surface area contributed by atoms with E-state index in [1.54, 1.807) is 14.2 Å². The lowest BCUT2D eigenvalue weighted by Crippen LogP contribution is -2.33. The van der Waals surface area contributed by atoms with Crippen molar-refractivity contribution in [3.63, 3.8) is 0 Å². The van der Waals surface area contributed by atoms with Crippen LogP contribution in [0.3, 0.4) is 0 Å². The molecule has 0 atom stereocenters. The molecule has 1 heterocycles. The zero-order valence-electron chi connectivity index (χ0n) is 18.3. The standard InChI is InChI=1S/C24H27NO5S/c1-5-30-18-10-8-17(9-11-18)21-22(31-6-2)24(27)25(23(21)26)14-13-16-7-12-19(28-3)20(15-16)29-4/h7-12,15H,5-6,13-14H2,1-4H3. The molecular weight excluding hydrogens is 414 g/mol. The van der Waals surface area contributed by atoms with Gasteiger partial charge >= 0.3 is 0 Å². The molecule has 0 radical (unpaired) electrons. The zero-order chi connectivity index (χ0) is 22.4. The van der Waals surface area contributed by atoms with E-state index < -0.39 is 0 Å². The van der Waals surface area contributed by atoms with Crippen LogP contribution in [0.25, 0.3) is 5.57 Å². The van der Waals surface area contributed by atoms with Crippen LogP contribution in [0.1, 0.15) is 25.0 Å². The lowest BCUT2D eigenvalue weighted by molar-refractivity contribution is -0.136. The summed E-state index contributed by atoms with van der Waals surface area (Å²) in [7, 11) is 3.16. The lowest BCUT2D eigenvalue weighted by atomic mass is 10.1. The van der Waals surface area contributed by atoms with E-state index in [0.717, 1.165) is 16.9 Å². The number of ether oxygens (including phenoxy) is 3. The van der Waals surface area contributed by atoms with Crippen LogP contribution in [0.2, 0.25) is 0 Å². The van der Waals surface area contributed by atoms with Gasteiger partial charge in [0.2, 0.25) is 0 Å². The highest BCUT2D eigenvalue weighted by atomic mass is 32.2. The second-order valence-electron chi connectivity index (χ2n) is 6.80. The van der Waals surface area contributed by atoms with Crippen LogP contribution in [0.15, 0.2) is 47.4 Å². The first-order chi connectivity index (χ1) is 15.0. The quantitative estimate of drug-likeness (QED) is 0.516. The van der Waals surface area contributed by atoms with Gasteiger partial charge in [-0.15, -0.1) is 11.8 Å². The minimum absolute atomic E-state index is 0.235. The summed E-state index contributed by atoms with van der Waals surface area (Å²) in [6, 6.07) is 12.9. The van der Waals surface area contributed by atoms with Crippen molar-refractivity contribution >= 4 is 29.1 Å². The Morgan fingerprint density at radius 2 is 1.61 bits per heavy atom. The number of benzene rings is 2. The minimum Gasteiger partial charge on any atom is -0.494 e. The Labute approximate surface area is 187 Å². The fraction of sp³-hybridized carbons (Fsp3) is 0.333. The van der Waals surface area contributed by atoms with Crippen LogP contribution in [-0.2, 0) is 16.0 Å². The van der Waals surface area contributed by atoms with Gasteiger partial charge in [0.1, 0.15) is 5.75 Å². The van der Waals surface area contributed by atoms with Crippen molar-refractivity contribution in [3.05, 3.63) is 58.5 Å². The number of hydrogen-bond acceptors (Lipinski definition) is 6. The maximum absolute atomic E-state index is 13.2. The predicted octanol–water partition coefficient (Wildman–Crippen LogP) is 4.18. The van der Waals surface area contributed by atoms with Crippen LogP contribution in [0.4, 0.5) is 0 Å². The van der Waals surface area contributed by atoms with E-state index in [-0.39, 0.29) is 11.8 Å². The topological polar surface area (TPSA) is 65.1 Å². The Balaban J connectivity index is 1.81. The van der Waals surface area contributed by atoms with Crippen molar-refractivity contribution in [3.8, 4) is 17.2 Å². The number of carbonyl (C=O) groups is 2. The first-order valence-electron chi connectivity index (χ1n) is 10.2. The van der Waals surface area contributed by atoms with Gasteiger partial charge in [0, 0.05) is 6.54 Å². The highest BCUT2D eigenvalue weighted by Gasteiger charge is 2.38. The Bertz CT molecular complexity index is 984. The highest BCUT2D eigenvalue weighted by Crippen LogP contribution is 2.36. The number of nitrogens with zero attached hydrogens (tertiary/aromatic N) is 1. The van der Waals surface area contributed by atoms with Gasteiger partial charge in [-0.1, -0.05) is 25.1 Å². The number of methoxy groups -OCH3 is 2. The number of rotatable bonds is 10. The van der Waals surface area contributed by atoms with Crippen LogP contribution < -0.4 is 14.2 Å². The van der Waals surface area contributed by atoms with Gasteiger partial charge in [-0.3, -0.25) is 14.5 Å². The molecule has 2 aromatic rings. The normalized spacial score (nSPS) is 13.7. The van der Waals surface area contributed by atoms with Gasteiger partial charge in [-0.25, -0.2) is 0 Å². The average molecular weight is 442 g/mol. The summed E-state index contributed by atoms with van der Waals surface area (Å²) in [6.45, 7) is 4.75. The van der Waals surface area contributed by atoms with Crippen molar-refractivity contribution in [2.24, 2.45) is 0 Å². The number of carbonyl (C=O) groups excluding carboxylic acids is 2. The second kappa shape index (κ2) is 10.4. The largest absolute Gasteiger partial charge is 0.494 e. The summed E-state index contributed by atoms with van der Waals surface area (Å²) in [5.41, 5.74) is 2.15. The van der Waals surface area contributed by atoms with E-state index in [1.807, 2.05) is 56.3 Å². The maximum Gasteiger partial charge on any atom is 0.267 e. The molecule has 3 rings (SSSR count). The molecule has 0 saturated carbocycles. The van der Waals surface area contributed by atoms with Gasteiger partial charge in [0.15, 0.2) is 11.5 Å². The number of thioether (sulfide) groups is 1. The van der Waals surface area contributed by atoms with E-state index in [4.69, 9.17) is 14.2 Å². The summed E-state index contributed by atoms with van der Waals surface area (Å²) < 4.78 is 16.1. The molecule has 0 spiro atoms. The fourth-order valence-corrected chi connectivity index (χ4v) is 4.32.